The van der Waals surface area contributed by atoms with E-state index in [4.69, 9.17) is 5.73 Å². The minimum atomic E-state index is 0.253. The highest BCUT2D eigenvalue weighted by Gasteiger charge is 2.02. The Balaban J connectivity index is 2.52. The van der Waals surface area contributed by atoms with Crippen molar-refractivity contribution in [3.8, 4) is 0 Å². The van der Waals surface area contributed by atoms with Crippen molar-refractivity contribution < 1.29 is 0 Å². The second-order valence-electron chi connectivity index (χ2n) is 3.88. The number of nitrogens with zero attached hydrogens (tertiary/aromatic N) is 2. The van der Waals surface area contributed by atoms with Gasteiger partial charge in [-0.05, 0) is 31.9 Å². The van der Waals surface area contributed by atoms with Gasteiger partial charge in [-0.1, -0.05) is 6.07 Å². The normalized spacial score (nSPS) is 12.6. The van der Waals surface area contributed by atoms with E-state index in [1.54, 1.807) is 0 Å². The molecule has 3 nitrogen and oxygen atoms in total. The second-order valence-corrected chi connectivity index (χ2v) is 3.88. The average molecular weight is 193 g/mol. The number of aromatic nitrogens is 1. The van der Waals surface area contributed by atoms with Crippen LogP contribution in [0.3, 0.4) is 0 Å². The predicted octanol–water partition coefficient (Wildman–Crippen LogP) is 1.56. The molecule has 1 unspecified atom stereocenters. The fourth-order valence-corrected chi connectivity index (χ4v) is 1.20. The third kappa shape index (κ3) is 3.34. The topological polar surface area (TPSA) is 42.1 Å². The molecule has 0 bridgehead atoms. The maximum atomic E-state index is 5.70. The minimum Gasteiger partial charge on any atom is -0.360 e. The van der Waals surface area contributed by atoms with Crippen LogP contribution in [0.25, 0.3) is 0 Å². The number of hydrogen-bond donors (Lipinski definition) is 1. The molecule has 78 valence electrons. The van der Waals surface area contributed by atoms with Gasteiger partial charge in [0.05, 0.1) is 0 Å². The van der Waals surface area contributed by atoms with Gasteiger partial charge in [0.2, 0.25) is 0 Å². The Morgan fingerprint density at radius 1 is 1.50 bits per heavy atom. The molecule has 2 N–H and O–H groups in total. The summed E-state index contributed by atoms with van der Waals surface area (Å²) in [6, 6.07) is 4.37. The van der Waals surface area contributed by atoms with Crippen LogP contribution in [0, 0.1) is 6.92 Å². The van der Waals surface area contributed by atoms with E-state index in [2.05, 4.69) is 16.0 Å². The van der Waals surface area contributed by atoms with Gasteiger partial charge in [-0.3, -0.25) is 0 Å². The highest BCUT2D eigenvalue weighted by Crippen LogP contribution is 2.09. The Bertz CT molecular complexity index is 266. The van der Waals surface area contributed by atoms with Crippen LogP contribution in [-0.2, 0) is 0 Å². The van der Waals surface area contributed by atoms with E-state index < -0.39 is 0 Å². The summed E-state index contributed by atoms with van der Waals surface area (Å²) in [4.78, 5) is 6.47. The Morgan fingerprint density at radius 2 is 2.21 bits per heavy atom. The van der Waals surface area contributed by atoms with Crippen molar-refractivity contribution in [3.05, 3.63) is 23.9 Å². The largest absolute Gasteiger partial charge is 0.360 e. The zero-order valence-electron chi connectivity index (χ0n) is 9.20. The number of anilines is 1. The summed E-state index contributed by atoms with van der Waals surface area (Å²) in [5, 5.41) is 0. The quantitative estimate of drug-likeness (QED) is 0.789. The number of aryl methyl sites for hydroxylation is 1. The number of nitrogens with two attached hydrogens (primary N) is 1. The van der Waals surface area contributed by atoms with Gasteiger partial charge >= 0.3 is 0 Å². The first-order valence-corrected chi connectivity index (χ1v) is 4.99. The fraction of sp³-hybridized carbons (Fsp3) is 0.545. The lowest BCUT2D eigenvalue weighted by molar-refractivity contribution is 0.656. The van der Waals surface area contributed by atoms with E-state index in [-0.39, 0.29) is 6.04 Å². The average Bonchev–Trinajstić information content (AvgIpc) is 2.15. The lowest BCUT2D eigenvalue weighted by atomic mass is 10.2. The van der Waals surface area contributed by atoms with Crippen LogP contribution in [0.1, 0.15) is 18.9 Å². The zero-order valence-corrected chi connectivity index (χ0v) is 9.20. The summed E-state index contributed by atoms with van der Waals surface area (Å²) in [5.74, 6) is 1.01. The third-order valence-electron chi connectivity index (χ3n) is 2.21. The number of hydrogen-bond acceptors (Lipinski definition) is 3. The minimum absolute atomic E-state index is 0.253. The summed E-state index contributed by atoms with van der Waals surface area (Å²) in [6.07, 6.45) is 2.88. The highest BCUT2D eigenvalue weighted by molar-refractivity contribution is 5.37. The van der Waals surface area contributed by atoms with Crippen LogP contribution in [0.15, 0.2) is 18.3 Å². The Labute approximate surface area is 85.9 Å². The molecule has 1 aromatic heterocycles. The molecule has 0 saturated carbocycles. The summed E-state index contributed by atoms with van der Waals surface area (Å²) in [6.45, 7) is 5.02. The van der Waals surface area contributed by atoms with E-state index in [0.717, 1.165) is 18.8 Å². The lowest BCUT2D eigenvalue weighted by Gasteiger charge is -2.19. The molecule has 0 fully saturated rings. The maximum absolute atomic E-state index is 5.70. The predicted molar refractivity (Wildman–Crippen MR) is 60.5 cm³/mol. The summed E-state index contributed by atoms with van der Waals surface area (Å²) in [5.41, 5.74) is 6.89. The molecular formula is C11H19N3. The number of rotatable bonds is 4. The Morgan fingerprint density at radius 3 is 2.71 bits per heavy atom. The second kappa shape index (κ2) is 4.96. The van der Waals surface area contributed by atoms with Crippen molar-refractivity contribution in [2.75, 3.05) is 18.5 Å². The van der Waals surface area contributed by atoms with Gasteiger partial charge in [0, 0.05) is 25.8 Å². The molecule has 1 atom stereocenters. The molecule has 1 rings (SSSR count). The molecule has 14 heavy (non-hydrogen) atoms. The Kier molecular flexibility index (Phi) is 3.89. The van der Waals surface area contributed by atoms with Crippen LogP contribution < -0.4 is 10.6 Å². The first-order chi connectivity index (χ1) is 6.59. The summed E-state index contributed by atoms with van der Waals surface area (Å²) >= 11 is 0. The van der Waals surface area contributed by atoms with Crippen LogP contribution in [0.2, 0.25) is 0 Å². The molecule has 0 aliphatic carbocycles. The summed E-state index contributed by atoms with van der Waals surface area (Å²) in [7, 11) is 2.04. The molecule has 0 aliphatic rings. The SMILES string of the molecule is Cc1ccc(N(C)CCC(C)N)nc1. The summed E-state index contributed by atoms with van der Waals surface area (Å²) < 4.78 is 0. The molecule has 0 aliphatic heterocycles. The molecule has 1 heterocycles. The van der Waals surface area contributed by atoms with Crippen LogP contribution >= 0.6 is 0 Å². The molecule has 3 heteroatoms. The van der Waals surface area contributed by atoms with Crippen molar-refractivity contribution in [1.29, 1.82) is 0 Å². The van der Waals surface area contributed by atoms with Crippen molar-refractivity contribution in [2.24, 2.45) is 5.73 Å². The van der Waals surface area contributed by atoms with Crippen molar-refractivity contribution in [1.82, 2.24) is 4.98 Å². The molecular weight excluding hydrogens is 174 g/mol. The van der Waals surface area contributed by atoms with Crippen molar-refractivity contribution >= 4 is 5.82 Å². The Hall–Kier alpha value is -1.09. The molecule has 0 radical (unpaired) electrons. The number of pyridine rings is 1. The highest BCUT2D eigenvalue weighted by atomic mass is 15.2. The van der Waals surface area contributed by atoms with E-state index in [9.17, 15) is 0 Å². The standard InChI is InChI=1S/C11H19N3/c1-9-4-5-11(13-8-9)14(3)7-6-10(2)12/h4-5,8,10H,6-7,12H2,1-3H3. The van der Waals surface area contributed by atoms with Gasteiger partial charge in [0.25, 0.3) is 0 Å². The van der Waals surface area contributed by atoms with Crippen molar-refractivity contribution in [2.45, 2.75) is 26.3 Å². The smallest absolute Gasteiger partial charge is 0.128 e. The molecule has 0 amide bonds. The third-order valence-corrected chi connectivity index (χ3v) is 2.21. The molecule has 1 aromatic rings. The first kappa shape index (κ1) is 11.0. The zero-order chi connectivity index (χ0) is 10.6. The van der Waals surface area contributed by atoms with Gasteiger partial charge in [0.15, 0.2) is 0 Å². The van der Waals surface area contributed by atoms with Gasteiger partial charge in [-0.25, -0.2) is 4.98 Å². The van der Waals surface area contributed by atoms with Gasteiger partial charge in [0.1, 0.15) is 5.82 Å². The van der Waals surface area contributed by atoms with Gasteiger partial charge < -0.3 is 10.6 Å². The first-order valence-electron chi connectivity index (χ1n) is 4.99. The van der Waals surface area contributed by atoms with Crippen LogP contribution in [0.4, 0.5) is 5.82 Å². The maximum Gasteiger partial charge on any atom is 0.128 e. The van der Waals surface area contributed by atoms with E-state index in [1.807, 2.05) is 33.2 Å². The monoisotopic (exact) mass is 193 g/mol. The molecule has 0 saturated heterocycles. The van der Waals surface area contributed by atoms with Crippen molar-refractivity contribution in [3.63, 3.8) is 0 Å². The fourth-order valence-electron chi connectivity index (χ4n) is 1.20. The van der Waals surface area contributed by atoms with Gasteiger partial charge in [-0.2, -0.15) is 0 Å². The lowest BCUT2D eigenvalue weighted by Crippen LogP contribution is -2.26. The molecule has 0 aromatic carbocycles. The molecule has 0 spiro atoms. The van der Waals surface area contributed by atoms with E-state index in [0.29, 0.717) is 0 Å². The van der Waals surface area contributed by atoms with Gasteiger partial charge in [-0.15, -0.1) is 0 Å². The van der Waals surface area contributed by atoms with Crippen LogP contribution in [0.5, 0.6) is 0 Å². The van der Waals surface area contributed by atoms with E-state index >= 15 is 0 Å². The van der Waals surface area contributed by atoms with E-state index in [1.165, 1.54) is 5.56 Å². The van der Waals surface area contributed by atoms with Crippen LogP contribution in [-0.4, -0.2) is 24.6 Å².